The molecule has 1 N–H and O–H groups in total. The van der Waals surface area contributed by atoms with Crippen molar-refractivity contribution in [2.24, 2.45) is 5.92 Å². The molecule has 1 saturated heterocycles. The minimum absolute atomic E-state index is 0.0837. The van der Waals surface area contributed by atoms with E-state index in [4.69, 9.17) is 0 Å². The molecular weight excluding hydrogens is 402 g/mol. The maximum atomic E-state index is 12.6. The molecule has 30 heavy (non-hydrogen) atoms. The summed E-state index contributed by atoms with van der Waals surface area (Å²) >= 11 is 0. The van der Waals surface area contributed by atoms with Crippen LogP contribution in [0.1, 0.15) is 24.2 Å². The first kappa shape index (κ1) is 20.2. The van der Waals surface area contributed by atoms with E-state index >= 15 is 0 Å². The summed E-state index contributed by atoms with van der Waals surface area (Å²) in [7, 11) is -3.50. The molecule has 1 aromatic carbocycles. The molecule has 0 saturated carbocycles. The molecule has 1 aliphatic rings. The third kappa shape index (κ3) is 4.58. The van der Waals surface area contributed by atoms with E-state index in [1.165, 1.54) is 9.71 Å². The van der Waals surface area contributed by atoms with Gasteiger partial charge in [-0.15, -0.1) is 10.2 Å². The van der Waals surface area contributed by atoms with E-state index in [1.807, 2.05) is 59.1 Å². The van der Waals surface area contributed by atoms with Crippen molar-refractivity contribution in [1.29, 1.82) is 0 Å². The number of piperidine rings is 1. The largest absolute Gasteiger partial charge is 0.349 e. The Hall–Kier alpha value is -3.04. The smallest absolute Gasteiger partial charge is 0.236 e. The Bertz CT molecular complexity index is 1150. The molecular formula is C21H23N5O3S. The molecule has 3 aromatic rings. The highest BCUT2D eigenvalue weighted by molar-refractivity contribution is 7.92. The van der Waals surface area contributed by atoms with Crippen LogP contribution in [0.15, 0.2) is 60.1 Å². The SMILES string of the molecule is O=C(NCc1nnc2ccccn12)C1CCN(S(=O)(=O)C=Cc2ccccc2)CC1. The summed E-state index contributed by atoms with van der Waals surface area (Å²) in [6.45, 7) is 0.934. The van der Waals surface area contributed by atoms with Crippen molar-refractivity contribution < 1.29 is 13.2 Å². The monoisotopic (exact) mass is 425 g/mol. The number of benzene rings is 1. The highest BCUT2D eigenvalue weighted by Gasteiger charge is 2.30. The van der Waals surface area contributed by atoms with Crippen LogP contribution in [0.3, 0.4) is 0 Å². The van der Waals surface area contributed by atoms with Crippen molar-refractivity contribution in [1.82, 2.24) is 24.2 Å². The number of nitrogens with zero attached hydrogens (tertiary/aromatic N) is 4. The van der Waals surface area contributed by atoms with E-state index < -0.39 is 10.0 Å². The number of pyridine rings is 1. The topological polar surface area (TPSA) is 96.7 Å². The zero-order valence-electron chi connectivity index (χ0n) is 16.4. The van der Waals surface area contributed by atoms with E-state index in [0.717, 1.165) is 11.2 Å². The molecule has 1 amide bonds. The highest BCUT2D eigenvalue weighted by atomic mass is 32.2. The average Bonchev–Trinajstić information content (AvgIpc) is 3.20. The molecule has 3 heterocycles. The molecule has 0 atom stereocenters. The third-order valence-corrected chi connectivity index (χ3v) is 6.79. The number of rotatable bonds is 6. The van der Waals surface area contributed by atoms with Crippen molar-refractivity contribution in [3.05, 3.63) is 71.5 Å². The van der Waals surface area contributed by atoms with Gasteiger partial charge in [0, 0.05) is 30.6 Å². The van der Waals surface area contributed by atoms with E-state index in [2.05, 4.69) is 15.5 Å². The summed E-state index contributed by atoms with van der Waals surface area (Å²) in [6.07, 6.45) is 4.43. The van der Waals surface area contributed by atoms with Crippen molar-refractivity contribution in [2.45, 2.75) is 19.4 Å². The molecule has 4 rings (SSSR count). The Morgan fingerprint density at radius 1 is 1.07 bits per heavy atom. The lowest BCUT2D eigenvalue weighted by molar-refractivity contribution is -0.126. The minimum atomic E-state index is -3.50. The Balaban J connectivity index is 1.30. The van der Waals surface area contributed by atoms with Gasteiger partial charge in [0.05, 0.1) is 6.54 Å². The summed E-state index contributed by atoms with van der Waals surface area (Å²) in [4.78, 5) is 12.5. The summed E-state index contributed by atoms with van der Waals surface area (Å²) in [5.41, 5.74) is 1.56. The third-order valence-electron chi connectivity index (χ3n) is 5.22. The predicted molar refractivity (Wildman–Crippen MR) is 114 cm³/mol. The van der Waals surface area contributed by atoms with Crippen LogP contribution in [0, 0.1) is 5.92 Å². The number of fused-ring (bicyclic) bond motifs is 1. The molecule has 8 nitrogen and oxygen atoms in total. The number of aromatic nitrogens is 3. The molecule has 0 unspecified atom stereocenters. The lowest BCUT2D eigenvalue weighted by atomic mass is 9.97. The fourth-order valence-corrected chi connectivity index (χ4v) is 4.73. The summed E-state index contributed by atoms with van der Waals surface area (Å²) < 4.78 is 28.4. The molecule has 0 aliphatic carbocycles. The number of hydrogen-bond donors (Lipinski definition) is 1. The van der Waals surface area contributed by atoms with E-state index in [-0.39, 0.29) is 18.4 Å². The second kappa shape index (κ2) is 8.76. The Labute approximate surface area is 175 Å². The molecule has 2 aromatic heterocycles. The van der Waals surface area contributed by atoms with Gasteiger partial charge in [0.2, 0.25) is 15.9 Å². The van der Waals surface area contributed by atoms with Gasteiger partial charge in [-0.3, -0.25) is 9.20 Å². The second-order valence-electron chi connectivity index (χ2n) is 7.19. The van der Waals surface area contributed by atoms with Crippen molar-refractivity contribution in [3.8, 4) is 0 Å². The van der Waals surface area contributed by atoms with Crippen LogP contribution in [0.25, 0.3) is 11.7 Å². The number of amides is 1. The molecule has 1 aliphatic heterocycles. The van der Waals surface area contributed by atoms with Crippen LogP contribution >= 0.6 is 0 Å². The van der Waals surface area contributed by atoms with E-state index in [9.17, 15) is 13.2 Å². The van der Waals surface area contributed by atoms with E-state index in [0.29, 0.717) is 31.8 Å². The van der Waals surface area contributed by atoms with Gasteiger partial charge in [-0.05, 0) is 36.6 Å². The Morgan fingerprint density at radius 2 is 1.80 bits per heavy atom. The van der Waals surface area contributed by atoms with Gasteiger partial charge in [0.15, 0.2) is 11.5 Å². The minimum Gasteiger partial charge on any atom is -0.349 e. The standard InChI is InChI=1S/C21H23N5O3S/c27-21(22-16-20-24-23-19-8-4-5-12-26(19)20)18-9-13-25(14-10-18)30(28,29)15-11-17-6-2-1-3-7-17/h1-8,11-12,15,18H,9-10,13-14,16H2,(H,22,27). The molecule has 0 spiro atoms. The zero-order valence-corrected chi connectivity index (χ0v) is 17.2. The maximum absolute atomic E-state index is 12.6. The second-order valence-corrected chi connectivity index (χ2v) is 9.01. The number of nitrogens with one attached hydrogen (secondary N) is 1. The fraction of sp³-hybridized carbons (Fsp3) is 0.286. The maximum Gasteiger partial charge on any atom is 0.236 e. The van der Waals surface area contributed by atoms with Crippen LogP contribution < -0.4 is 5.32 Å². The summed E-state index contributed by atoms with van der Waals surface area (Å²) in [5.74, 6) is 0.360. The molecule has 1 fully saturated rings. The molecule has 156 valence electrons. The van der Waals surface area contributed by atoms with Gasteiger partial charge in [-0.2, -0.15) is 4.31 Å². The summed E-state index contributed by atoms with van der Waals surface area (Å²) in [6, 6.07) is 14.9. The lowest BCUT2D eigenvalue weighted by Gasteiger charge is -2.29. The van der Waals surface area contributed by atoms with Crippen molar-refractivity contribution in [2.75, 3.05) is 13.1 Å². The Kier molecular flexibility index (Phi) is 5.91. The van der Waals surface area contributed by atoms with Gasteiger partial charge in [-0.25, -0.2) is 8.42 Å². The van der Waals surface area contributed by atoms with Gasteiger partial charge in [0.1, 0.15) is 0 Å². The van der Waals surface area contributed by atoms with Gasteiger partial charge < -0.3 is 5.32 Å². The molecule has 0 bridgehead atoms. The number of carbonyl (C=O) groups is 1. The van der Waals surface area contributed by atoms with Gasteiger partial charge >= 0.3 is 0 Å². The first-order chi connectivity index (χ1) is 14.5. The van der Waals surface area contributed by atoms with Crippen LogP contribution in [-0.4, -0.2) is 46.3 Å². The average molecular weight is 426 g/mol. The van der Waals surface area contributed by atoms with Gasteiger partial charge in [0.25, 0.3) is 0 Å². The van der Waals surface area contributed by atoms with Crippen LogP contribution in [0.4, 0.5) is 0 Å². The number of carbonyl (C=O) groups excluding carboxylic acids is 1. The van der Waals surface area contributed by atoms with Crippen LogP contribution in [0.5, 0.6) is 0 Å². The van der Waals surface area contributed by atoms with E-state index in [1.54, 1.807) is 6.08 Å². The highest BCUT2D eigenvalue weighted by Crippen LogP contribution is 2.21. The van der Waals surface area contributed by atoms with Crippen molar-refractivity contribution in [3.63, 3.8) is 0 Å². The molecule has 9 heteroatoms. The first-order valence-corrected chi connectivity index (χ1v) is 11.3. The summed E-state index contributed by atoms with van der Waals surface area (Å²) in [5, 5.41) is 12.3. The van der Waals surface area contributed by atoms with Gasteiger partial charge in [-0.1, -0.05) is 36.4 Å². The zero-order chi connectivity index (χ0) is 21.0. The van der Waals surface area contributed by atoms with Crippen LogP contribution in [-0.2, 0) is 21.4 Å². The fourth-order valence-electron chi connectivity index (χ4n) is 3.51. The normalized spacial score (nSPS) is 16.3. The number of hydrogen-bond acceptors (Lipinski definition) is 5. The quantitative estimate of drug-likeness (QED) is 0.652. The first-order valence-electron chi connectivity index (χ1n) is 9.82. The Morgan fingerprint density at radius 3 is 2.57 bits per heavy atom. The number of sulfonamides is 1. The molecule has 0 radical (unpaired) electrons. The predicted octanol–water partition coefficient (Wildman–Crippen LogP) is 2.06. The van der Waals surface area contributed by atoms with Crippen LogP contribution in [0.2, 0.25) is 0 Å². The van der Waals surface area contributed by atoms with Crippen molar-refractivity contribution >= 4 is 27.7 Å². The lowest BCUT2D eigenvalue weighted by Crippen LogP contribution is -2.42.